The molecule has 0 bridgehead atoms. The SMILES string of the molecule is CC.CC1CC(C)OC(OF)C1. The summed E-state index contributed by atoms with van der Waals surface area (Å²) in [6.45, 7) is 8.01. The van der Waals surface area contributed by atoms with E-state index in [1.807, 2.05) is 20.8 Å². The molecule has 0 aromatic carbocycles. The molecule has 0 aliphatic carbocycles. The Kier molecular flexibility index (Phi) is 6.30. The molecule has 3 heteroatoms. The highest BCUT2D eigenvalue weighted by atomic mass is 19.3. The summed E-state index contributed by atoms with van der Waals surface area (Å²) in [5, 5.41) is 0. The van der Waals surface area contributed by atoms with Gasteiger partial charge in [-0.05, 0) is 23.8 Å². The first-order chi connectivity index (χ1) is 5.72. The van der Waals surface area contributed by atoms with Crippen molar-refractivity contribution < 1.29 is 14.2 Å². The van der Waals surface area contributed by atoms with Gasteiger partial charge in [-0.2, -0.15) is 4.94 Å². The van der Waals surface area contributed by atoms with Gasteiger partial charge >= 0.3 is 0 Å². The molecule has 1 rings (SSSR count). The molecule has 1 aliphatic rings. The summed E-state index contributed by atoms with van der Waals surface area (Å²) in [5.74, 6) is 0.504. The van der Waals surface area contributed by atoms with Crippen molar-refractivity contribution in [3.63, 3.8) is 0 Å². The summed E-state index contributed by atoms with van der Waals surface area (Å²) in [6, 6.07) is 0. The van der Waals surface area contributed by atoms with Crippen LogP contribution in [0.1, 0.15) is 40.5 Å². The molecule has 0 aromatic heterocycles. The van der Waals surface area contributed by atoms with E-state index in [9.17, 15) is 4.53 Å². The second kappa shape index (κ2) is 6.38. The molecular formula is C9H19FO2. The van der Waals surface area contributed by atoms with Crippen molar-refractivity contribution in [2.24, 2.45) is 5.92 Å². The Morgan fingerprint density at radius 1 is 1.25 bits per heavy atom. The molecular weight excluding hydrogens is 159 g/mol. The van der Waals surface area contributed by atoms with Gasteiger partial charge in [-0.3, -0.25) is 0 Å². The zero-order chi connectivity index (χ0) is 9.56. The van der Waals surface area contributed by atoms with E-state index in [2.05, 4.69) is 11.9 Å². The predicted molar refractivity (Wildman–Crippen MR) is 46.3 cm³/mol. The molecule has 3 unspecified atom stereocenters. The molecule has 12 heavy (non-hydrogen) atoms. The Bertz CT molecular complexity index is 98.7. The van der Waals surface area contributed by atoms with Crippen molar-refractivity contribution in [1.82, 2.24) is 0 Å². The Morgan fingerprint density at radius 3 is 2.25 bits per heavy atom. The molecule has 0 radical (unpaired) electrons. The second-order valence-corrected chi connectivity index (χ2v) is 3.04. The van der Waals surface area contributed by atoms with E-state index in [4.69, 9.17) is 4.74 Å². The number of rotatable bonds is 1. The Balaban J connectivity index is 0.000000561. The highest BCUT2D eigenvalue weighted by molar-refractivity contribution is 4.66. The van der Waals surface area contributed by atoms with Gasteiger partial charge in [0.25, 0.3) is 0 Å². The highest BCUT2D eigenvalue weighted by Gasteiger charge is 2.25. The summed E-state index contributed by atoms with van der Waals surface area (Å²) in [4.78, 5) is 3.61. The first-order valence-corrected chi connectivity index (χ1v) is 4.65. The van der Waals surface area contributed by atoms with Crippen LogP contribution in [0.3, 0.4) is 0 Å². The van der Waals surface area contributed by atoms with Crippen molar-refractivity contribution in [3.05, 3.63) is 0 Å². The van der Waals surface area contributed by atoms with Gasteiger partial charge in [-0.25, -0.2) is 0 Å². The minimum Gasteiger partial charge on any atom is -0.346 e. The molecule has 1 saturated heterocycles. The fourth-order valence-electron chi connectivity index (χ4n) is 1.42. The highest BCUT2D eigenvalue weighted by Crippen LogP contribution is 2.24. The van der Waals surface area contributed by atoms with Crippen LogP contribution in [0.4, 0.5) is 4.53 Å². The Labute approximate surface area is 74.0 Å². The fourth-order valence-corrected chi connectivity index (χ4v) is 1.42. The largest absolute Gasteiger partial charge is 0.346 e. The normalized spacial score (nSPS) is 35.2. The van der Waals surface area contributed by atoms with E-state index < -0.39 is 6.29 Å². The van der Waals surface area contributed by atoms with Crippen LogP contribution in [-0.2, 0) is 9.68 Å². The van der Waals surface area contributed by atoms with Crippen LogP contribution >= 0.6 is 0 Å². The molecule has 0 aromatic rings. The maximum Gasteiger partial charge on any atom is 0.197 e. The number of halogens is 1. The van der Waals surface area contributed by atoms with E-state index in [0.29, 0.717) is 12.3 Å². The van der Waals surface area contributed by atoms with Crippen LogP contribution in [0.25, 0.3) is 0 Å². The Hall–Kier alpha value is -0.150. The number of ether oxygens (including phenoxy) is 1. The zero-order valence-electron chi connectivity index (χ0n) is 8.34. The van der Waals surface area contributed by atoms with Crippen LogP contribution < -0.4 is 0 Å². The smallest absolute Gasteiger partial charge is 0.197 e. The van der Waals surface area contributed by atoms with Crippen LogP contribution in [0.5, 0.6) is 0 Å². The molecule has 0 spiro atoms. The van der Waals surface area contributed by atoms with Crippen LogP contribution in [0.15, 0.2) is 0 Å². The van der Waals surface area contributed by atoms with Crippen LogP contribution in [0, 0.1) is 5.92 Å². The molecule has 1 fully saturated rings. The first kappa shape index (κ1) is 11.8. The lowest BCUT2D eigenvalue weighted by Gasteiger charge is -2.28. The lowest BCUT2D eigenvalue weighted by molar-refractivity contribution is -0.303. The molecule has 2 nitrogen and oxygen atoms in total. The topological polar surface area (TPSA) is 18.5 Å². The van der Waals surface area contributed by atoms with Crippen LogP contribution in [-0.4, -0.2) is 12.4 Å². The minimum atomic E-state index is -0.626. The van der Waals surface area contributed by atoms with Gasteiger partial charge in [0.1, 0.15) is 0 Å². The standard InChI is InChI=1S/C7H13FO2.C2H6/c1-5-3-6(2)9-7(4-5)10-8;1-2/h5-7H,3-4H2,1-2H3;1-2H3. The van der Waals surface area contributed by atoms with E-state index in [0.717, 1.165) is 6.42 Å². The van der Waals surface area contributed by atoms with Gasteiger partial charge in [-0.15, -0.1) is 0 Å². The number of hydrogen-bond donors (Lipinski definition) is 0. The minimum absolute atomic E-state index is 0.129. The predicted octanol–water partition coefficient (Wildman–Crippen LogP) is 3.07. The van der Waals surface area contributed by atoms with E-state index in [1.54, 1.807) is 0 Å². The van der Waals surface area contributed by atoms with Crippen LogP contribution in [0.2, 0.25) is 0 Å². The van der Waals surface area contributed by atoms with Gasteiger partial charge in [0.15, 0.2) is 6.29 Å². The van der Waals surface area contributed by atoms with E-state index >= 15 is 0 Å². The lowest BCUT2D eigenvalue weighted by atomic mass is 9.98. The monoisotopic (exact) mass is 178 g/mol. The average Bonchev–Trinajstić information content (AvgIpc) is 2.06. The summed E-state index contributed by atoms with van der Waals surface area (Å²) >= 11 is 0. The Morgan fingerprint density at radius 2 is 1.83 bits per heavy atom. The maximum atomic E-state index is 11.6. The summed E-state index contributed by atoms with van der Waals surface area (Å²) < 4.78 is 16.7. The second-order valence-electron chi connectivity index (χ2n) is 3.04. The third kappa shape index (κ3) is 4.02. The molecule has 3 atom stereocenters. The van der Waals surface area contributed by atoms with Crippen molar-refractivity contribution in [2.45, 2.75) is 52.9 Å². The molecule has 1 heterocycles. The first-order valence-electron chi connectivity index (χ1n) is 4.65. The van der Waals surface area contributed by atoms with Gasteiger partial charge in [-0.1, -0.05) is 20.8 Å². The molecule has 74 valence electrons. The quantitative estimate of drug-likeness (QED) is 0.614. The summed E-state index contributed by atoms with van der Waals surface area (Å²) in [5.41, 5.74) is 0. The van der Waals surface area contributed by atoms with Crippen molar-refractivity contribution in [1.29, 1.82) is 0 Å². The van der Waals surface area contributed by atoms with Gasteiger partial charge < -0.3 is 4.74 Å². The third-order valence-corrected chi connectivity index (χ3v) is 1.81. The summed E-state index contributed by atoms with van der Waals surface area (Å²) in [6.07, 6.45) is 1.17. The molecule has 0 amide bonds. The van der Waals surface area contributed by atoms with Gasteiger partial charge in [0, 0.05) is 6.42 Å². The van der Waals surface area contributed by atoms with E-state index in [1.165, 1.54) is 0 Å². The average molecular weight is 178 g/mol. The van der Waals surface area contributed by atoms with Crippen molar-refractivity contribution >= 4 is 0 Å². The lowest BCUT2D eigenvalue weighted by Crippen LogP contribution is -2.30. The zero-order valence-corrected chi connectivity index (χ0v) is 8.34. The fraction of sp³-hybridized carbons (Fsp3) is 1.00. The number of hydrogen-bond acceptors (Lipinski definition) is 2. The van der Waals surface area contributed by atoms with Crippen molar-refractivity contribution in [2.75, 3.05) is 0 Å². The third-order valence-electron chi connectivity index (χ3n) is 1.81. The van der Waals surface area contributed by atoms with Gasteiger partial charge in [0.05, 0.1) is 6.10 Å². The molecule has 1 aliphatic heterocycles. The molecule has 0 saturated carbocycles. The summed E-state index contributed by atoms with van der Waals surface area (Å²) in [7, 11) is 0. The van der Waals surface area contributed by atoms with Crippen molar-refractivity contribution in [3.8, 4) is 0 Å². The van der Waals surface area contributed by atoms with Gasteiger partial charge in [0.2, 0.25) is 0 Å². The molecule has 0 N–H and O–H groups in total. The van der Waals surface area contributed by atoms with E-state index in [-0.39, 0.29) is 6.10 Å². The maximum absolute atomic E-state index is 11.6.